The summed E-state index contributed by atoms with van der Waals surface area (Å²) in [6.07, 6.45) is 4.34. The third kappa shape index (κ3) is 0.673. The smallest absolute Gasteiger partial charge is 0.140 e. The Hall–Kier alpha value is -0.660. The summed E-state index contributed by atoms with van der Waals surface area (Å²) >= 11 is 0. The average Bonchev–Trinajstić information content (AvgIpc) is 2.75. The van der Waals surface area contributed by atoms with Gasteiger partial charge in [-0.3, -0.25) is 9.59 Å². The zero-order valence-electron chi connectivity index (χ0n) is 7.93. The number of ketones is 2. The highest BCUT2D eigenvalue weighted by molar-refractivity contribution is 6.00. The summed E-state index contributed by atoms with van der Waals surface area (Å²) < 4.78 is 0. The summed E-state index contributed by atoms with van der Waals surface area (Å²) in [5.41, 5.74) is -0.269. The molecule has 3 saturated carbocycles. The lowest BCUT2D eigenvalue weighted by molar-refractivity contribution is -0.128. The molecule has 0 saturated heterocycles. The van der Waals surface area contributed by atoms with Crippen molar-refractivity contribution in [2.24, 2.45) is 16.7 Å². The zero-order chi connectivity index (χ0) is 9.27. The lowest BCUT2D eigenvalue weighted by Crippen LogP contribution is -2.26. The quantitative estimate of drug-likeness (QED) is 0.566. The van der Waals surface area contributed by atoms with E-state index in [2.05, 4.69) is 0 Å². The highest BCUT2D eigenvalue weighted by Crippen LogP contribution is 2.69. The molecule has 3 rings (SSSR count). The molecule has 70 valence electrons. The first kappa shape index (κ1) is 7.72. The summed E-state index contributed by atoms with van der Waals surface area (Å²) in [6.45, 7) is 2.01. The van der Waals surface area contributed by atoms with Crippen molar-refractivity contribution in [1.82, 2.24) is 0 Å². The third-order valence-electron chi connectivity index (χ3n) is 4.60. The van der Waals surface area contributed by atoms with Crippen LogP contribution < -0.4 is 0 Å². The Morgan fingerprint density at radius 2 is 1.92 bits per heavy atom. The van der Waals surface area contributed by atoms with Gasteiger partial charge in [-0.1, -0.05) is 6.92 Å². The lowest BCUT2D eigenvalue weighted by Gasteiger charge is -2.23. The van der Waals surface area contributed by atoms with Crippen molar-refractivity contribution >= 4 is 11.6 Å². The van der Waals surface area contributed by atoms with Gasteiger partial charge in [0.15, 0.2) is 0 Å². The van der Waals surface area contributed by atoms with Gasteiger partial charge in [-0.15, -0.1) is 0 Å². The fourth-order valence-electron chi connectivity index (χ4n) is 3.65. The Morgan fingerprint density at radius 3 is 2.54 bits per heavy atom. The molecule has 0 heterocycles. The van der Waals surface area contributed by atoms with E-state index in [0.717, 1.165) is 25.7 Å². The van der Waals surface area contributed by atoms with Crippen LogP contribution in [0.4, 0.5) is 0 Å². The van der Waals surface area contributed by atoms with Crippen molar-refractivity contribution in [2.75, 3.05) is 0 Å². The first-order valence-corrected chi connectivity index (χ1v) is 5.16. The minimum Gasteiger partial charge on any atom is -0.299 e. The van der Waals surface area contributed by atoms with Crippen LogP contribution in [0.2, 0.25) is 0 Å². The maximum Gasteiger partial charge on any atom is 0.140 e. The van der Waals surface area contributed by atoms with Crippen LogP contribution >= 0.6 is 0 Å². The molecule has 0 aromatic rings. The SMILES string of the molecule is C[C@@]12CC(=O)C3(CC3)[C@@H]1CCC2=O. The molecule has 0 amide bonds. The molecule has 2 heteroatoms. The second kappa shape index (κ2) is 1.89. The Kier molecular flexibility index (Phi) is 1.12. The first-order valence-electron chi connectivity index (χ1n) is 5.16. The molecule has 0 aromatic heterocycles. The predicted molar refractivity (Wildman–Crippen MR) is 47.1 cm³/mol. The topological polar surface area (TPSA) is 34.1 Å². The van der Waals surface area contributed by atoms with Crippen LogP contribution in [0.25, 0.3) is 0 Å². The molecule has 2 nitrogen and oxygen atoms in total. The molecule has 3 fully saturated rings. The van der Waals surface area contributed by atoms with E-state index in [9.17, 15) is 9.59 Å². The maximum atomic E-state index is 11.8. The molecule has 0 aliphatic heterocycles. The summed E-state index contributed by atoms with van der Waals surface area (Å²) in [7, 11) is 0. The van der Waals surface area contributed by atoms with Crippen molar-refractivity contribution in [3.63, 3.8) is 0 Å². The Balaban J connectivity index is 2.08. The number of carbonyl (C=O) groups is 2. The first-order chi connectivity index (χ1) is 6.09. The van der Waals surface area contributed by atoms with Gasteiger partial charge in [-0.2, -0.15) is 0 Å². The monoisotopic (exact) mass is 178 g/mol. The second-order valence-electron chi connectivity index (χ2n) is 5.19. The highest BCUT2D eigenvalue weighted by Gasteiger charge is 2.69. The summed E-state index contributed by atoms with van der Waals surface area (Å²) in [6, 6.07) is 0. The fourth-order valence-corrected chi connectivity index (χ4v) is 3.65. The minimum atomic E-state index is -0.256. The van der Waals surface area contributed by atoms with Crippen LogP contribution in [-0.2, 0) is 9.59 Å². The molecule has 0 radical (unpaired) electrons. The molecule has 0 bridgehead atoms. The van der Waals surface area contributed by atoms with Gasteiger partial charge >= 0.3 is 0 Å². The minimum absolute atomic E-state index is 0.0130. The highest BCUT2D eigenvalue weighted by atomic mass is 16.1. The van der Waals surface area contributed by atoms with Gasteiger partial charge in [-0.25, -0.2) is 0 Å². The molecule has 3 aliphatic rings. The number of hydrogen-bond donors (Lipinski definition) is 0. The van der Waals surface area contributed by atoms with E-state index in [1.807, 2.05) is 6.92 Å². The molecule has 13 heavy (non-hydrogen) atoms. The third-order valence-corrected chi connectivity index (χ3v) is 4.60. The molecule has 0 aromatic carbocycles. The number of Topliss-reactive ketones (excluding diaryl/α,β-unsaturated/α-hetero) is 2. The second-order valence-corrected chi connectivity index (χ2v) is 5.19. The predicted octanol–water partition coefficient (Wildman–Crippen LogP) is 1.72. The van der Waals surface area contributed by atoms with Crippen molar-refractivity contribution in [3.05, 3.63) is 0 Å². The van der Waals surface area contributed by atoms with Crippen molar-refractivity contribution < 1.29 is 9.59 Å². The molecule has 3 aliphatic carbocycles. The summed E-state index contributed by atoms with van der Waals surface area (Å²) in [5, 5.41) is 0. The lowest BCUT2D eigenvalue weighted by atomic mass is 9.78. The van der Waals surface area contributed by atoms with E-state index in [0.29, 0.717) is 23.9 Å². The standard InChI is InChI=1S/C11H14O2/c1-10-6-9(13)11(4-5-11)7(10)2-3-8(10)12/h7H,2-6H2,1H3/t7-,10-/m1/s1. The van der Waals surface area contributed by atoms with Crippen molar-refractivity contribution in [1.29, 1.82) is 0 Å². The van der Waals surface area contributed by atoms with Gasteiger partial charge in [0, 0.05) is 23.7 Å². The van der Waals surface area contributed by atoms with Crippen molar-refractivity contribution in [3.8, 4) is 0 Å². The molecular formula is C11H14O2. The zero-order valence-corrected chi connectivity index (χ0v) is 7.93. The van der Waals surface area contributed by atoms with E-state index in [1.54, 1.807) is 0 Å². The van der Waals surface area contributed by atoms with Gasteiger partial charge in [0.1, 0.15) is 11.6 Å². The van der Waals surface area contributed by atoms with Crippen LogP contribution in [-0.4, -0.2) is 11.6 Å². The van der Waals surface area contributed by atoms with Gasteiger partial charge < -0.3 is 0 Å². The van der Waals surface area contributed by atoms with Crippen LogP contribution in [0.3, 0.4) is 0 Å². The van der Waals surface area contributed by atoms with Gasteiger partial charge in [0.25, 0.3) is 0 Å². The average molecular weight is 178 g/mol. The number of hydrogen-bond acceptors (Lipinski definition) is 2. The Morgan fingerprint density at radius 1 is 1.23 bits per heavy atom. The molecule has 1 spiro atoms. The number of carbonyl (C=O) groups excluding carboxylic acids is 2. The molecule has 2 atom stereocenters. The normalized spacial score (nSPS) is 45.8. The van der Waals surface area contributed by atoms with Gasteiger partial charge in [-0.05, 0) is 25.2 Å². The number of fused-ring (bicyclic) bond motifs is 2. The van der Waals surface area contributed by atoms with Crippen LogP contribution in [0, 0.1) is 16.7 Å². The maximum absolute atomic E-state index is 11.8. The van der Waals surface area contributed by atoms with Crippen molar-refractivity contribution in [2.45, 2.75) is 39.0 Å². The van der Waals surface area contributed by atoms with E-state index in [1.165, 1.54) is 0 Å². The molecule has 0 N–H and O–H groups in total. The van der Waals surface area contributed by atoms with Gasteiger partial charge in [0.05, 0.1) is 0 Å². The van der Waals surface area contributed by atoms with E-state index in [-0.39, 0.29) is 10.8 Å². The van der Waals surface area contributed by atoms with E-state index in [4.69, 9.17) is 0 Å². The van der Waals surface area contributed by atoms with Crippen LogP contribution in [0.1, 0.15) is 39.0 Å². The number of rotatable bonds is 0. The summed E-state index contributed by atoms with van der Waals surface area (Å²) in [5.74, 6) is 1.13. The largest absolute Gasteiger partial charge is 0.299 e. The van der Waals surface area contributed by atoms with E-state index < -0.39 is 0 Å². The summed E-state index contributed by atoms with van der Waals surface area (Å²) in [4.78, 5) is 23.5. The molecule has 0 unspecified atom stereocenters. The fraction of sp³-hybridized carbons (Fsp3) is 0.818. The van der Waals surface area contributed by atoms with E-state index >= 15 is 0 Å². The Bertz CT molecular complexity index is 314. The van der Waals surface area contributed by atoms with Crippen LogP contribution in [0.5, 0.6) is 0 Å². The van der Waals surface area contributed by atoms with Gasteiger partial charge in [0.2, 0.25) is 0 Å². The molecular weight excluding hydrogens is 164 g/mol. The Labute approximate surface area is 77.7 Å². The van der Waals surface area contributed by atoms with Crippen LogP contribution in [0.15, 0.2) is 0 Å².